The Bertz CT molecular complexity index is 508. The Morgan fingerprint density at radius 2 is 1.71 bits per heavy atom. The van der Waals surface area contributed by atoms with E-state index in [4.69, 9.17) is 22.1 Å². The quantitative estimate of drug-likeness (QED) is 0.843. The molecule has 3 heteroatoms. The monoisotopic (exact) mass is 247 g/mol. The van der Waals surface area contributed by atoms with Gasteiger partial charge in [0.25, 0.3) is 0 Å². The van der Waals surface area contributed by atoms with Crippen molar-refractivity contribution in [2.75, 3.05) is 12.8 Å². The van der Waals surface area contributed by atoms with Crippen LogP contribution in [0.25, 0.3) is 0 Å². The molecule has 0 atom stereocenters. The zero-order valence-corrected chi connectivity index (χ0v) is 10.4. The first-order chi connectivity index (χ1) is 8.19. The molecule has 2 aromatic carbocycles. The zero-order chi connectivity index (χ0) is 12.3. The van der Waals surface area contributed by atoms with Crippen molar-refractivity contribution in [2.24, 2.45) is 0 Å². The summed E-state index contributed by atoms with van der Waals surface area (Å²) >= 11 is 5.88. The van der Waals surface area contributed by atoms with Crippen LogP contribution in [0.1, 0.15) is 11.1 Å². The zero-order valence-electron chi connectivity index (χ0n) is 9.61. The molecule has 0 spiro atoms. The summed E-state index contributed by atoms with van der Waals surface area (Å²) in [5.41, 5.74) is 8.76. The largest absolute Gasteiger partial charge is 0.497 e. The van der Waals surface area contributed by atoms with E-state index in [2.05, 4.69) is 0 Å². The third kappa shape index (κ3) is 2.92. The second kappa shape index (κ2) is 5.11. The van der Waals surface area contributed by atoms with Gasteiger partial charge in [0.1, 0.15) is 5.75 Å². The molecule has 0 fully saturated rings. The van der Waals surface area contributed by atoms with Gasteiger partial charge in [0.05, 0.1) is 17.8 Å². The first-order valence-electron chi connectivity index (χ1n) is 5.36. The van der Waals surface area contributed by atoms with Crippen LogP contribution in [0.15, 0.2) is 42.5 Å². The second-order valence-electron chi connectivity index (χ2n) is 3.88. The normalized spacial score (nSPS) is 10.2. The minimum atomic E-state index is 0.600. The van der Waals surface area contributed by atoms with Crippen LogP contribution in [0.4, 0.5) is 5.69 Å². The van der Waals surface area contributed by atoms with Crippen molar-refractivity contribution in [1.29, 1.82) is 0 Å². The number of rotatable bonds is 3. The lowest BCUT2D eigenvalue weighted by Crippen LogP contribution is -1.92. The number of hydrogen-bond donors (Lipinski definition) is 1. The van der Waals surface area contributed by atoms with Crippen LogP contribution in [-0.2, 0) is 6.42 Å². The maximum atomic E-state index is 5.88. The van der Waals surface area contributed by atoms with Gasteiger partial charge in [-0.25, -0.2) is 0 Å². The summed E-state index contributed by atoms with van der Waals surface area (Å²) < 4.78 is 5.12. The Balaban J connectivity index is 2.16. The Morgan fingerprint density at radius 3 is 2.29 bits per heavy atom. The van der Waals surface area contributed by atoms with E-state index in [0.29, 0.717) is 10.7 Å². The number of ether oxygens (including phenoxy) is 1. The van der Waals surface area contributed by atoms with Crippen LogP contribution in [0.2, 0.25) is 5.02 Å². The predicted octanol–water partition coefficient (Wildman–Crippen LogP) is 3.52. The Hall–Kier alpha value is -1.67. The maximum Gasteiger partial charge on any atom is 0.118 e. The number of benzene rings is 2. The maximum absolute atomic E-state index is 5.88. The Morgan fingerprint density at radius 1 is 1.06 bits per heavy atom. The highest BCUT2D eigenvalue weighted by molar-refractivity contribution is 6.33. The topological polar surface area (TPSA) is 35.2 Å². The average molecular weight is 248 g/mol. The fourth-order valence-corrected chi connectivity index (χ4v) is 1.80. The third-order valence-corrected chi connectivity index (χ3v) is 2.97. The molecule has 0 aliphatic rings. The van der Waals surface area contributed by atoms with E-state index < -0.39 is 0 Å². The molecule has 0 aliphatic heterocycles. The Kier molecular flexibility index (Phi) is 3.55. The van der Waals surface area contributed by atoms with Gasteiger partial charge in [0.2, 0.25) is 0 Å². The fraction of sp³-hybridized carbons (Fsp3) is 0.143. The summed E-state index contributed by atoms with van der Waals surface area (Å²) in [4.78, 5) is 0. The number of methoxy groups -OCH3 is 1. The van der Waals surface area contributed by atoms with E-state index in [-0.39, 0.29) is 0 Å². The number of hydrogen-bond acceptors (Lipinski definition) is 2. The smallest absolute Gasteiger partial charge is 0.118 e. The van der Waals surface area contributed by atoms with E-state index >= 15 is 0 Å². The molecule has 2 aromatic rings. The first-order valence-corrected chi connectivity index (χ1v) is 5.73. The van der Waals surface area contributed by atoms with Gasteiger partial charge < -0.3 is 10.5 Å². The molecule has 0 radical (unpaired) electrons. The van der Waals surface area contributed by atoms with Gasteiger partial charge in [0, 0.05) is 0 Å². The van der Waals surface area contributed by atoms with Gasteiger partial charge in [-0.1, -0.05) is 29.8 Å². The predicted molar refractivity (Wildman–Crippen MR) is 71.7 cm³/mol. The summed E-state index contributed by atoms with van der Waals surface area (Å²) in [5.74, 6) is 0.865. The highest BCUT2D eigenvalue weighted by atomic mass is 35.5. The molecule has 0 unspecified atom stereocenters. The van der Waals surface area contributed by atoms with Crippen molar-refractivity contribution in [3.05, 3.63) is 58.6 Å². The van der Waals surface area contributed by atoms with Crippen molar-refractivity contribution in [1.82, 2.24) is 0 Å². The Labute approximate surface area is 106 Å². The number of anilines is 1. The van der Waals surface area contributed by atoms with Crippen molar-refractivity contribution in [3.8, 4) is 5.75 Å². The van der Waals surface area contributed by atoms with Gasteiger partial charge in [-0.05, 0) is 41.8 Å². The van der Waals surface area contributed by atoms with Gasteiger partial charge in [0.15, 0.2) is 0 Å². The lowest BCUT2D eigenvalue weighted by Gasteiger charge is -2.05. The van der Waals surface area contributed by atoms with E-state index in [9.17, 15) is 0 Å². The minimum Gasteiger partial charge on any atom is -0.497 e. The molecular formula is C14H14ClNO. The van der Waals surface area contributed by atoms with E-state index in [1.54, 1.807) is 7.11 Å². The summed E-state index contributed by atoms with van der Waals surface area (Å²) in [6.07, 6.45) is 0.839. The van der Waals surface area contributed by atoms with Crippen LogP contribution in [0.3, 0.4) is 0 Å². The standard InChI is InChI=1S/C14H14ClNO/c1-17-12-5-2-10(3-6-12)8-11-4-7-13(15)14(16)9-11/h2-7,9H,8,16H2,1H3. The average Bonchev–Trinajstić information content (AvgIpc) is 2.35. The summed E-state index contributed by atoms with van der Waals surface area (Å²) in [5, 5.41) is 0.600. The van der Waals surface area contributed by atoms with Crippen molar-refractivity contribution in [2.45, 2.75) is 6.42 Å². The molecule has 0 heterocycles. The van der Waals surface area contributed by atoms with E-state index in [1.807, 2.05) is 42.5 Å². The van der Waals surface area contributed by atoms with E-state index in [1.165, 1.54) is 5.56 Å². The number of nitrogen functional groups attached to an aromatic ring is 1. The third-order valence-electron chi connectivity index (χ3n) is 2.63. The highest BCUT2D eigenvalue weighted by Gasteiger charge is 2.00. The van der Waals surface area contributed by atoms with Crippen LogP contribution in [0.5, 0.6) is 5.75 Å². The van der Waals surface area contributed by atoms with E-state index in [0.717, 1.165) is 17.7 Å². The fourth-order valence-electron chi connectivity index (χ4n) is 1.68. The van der Waals surface area contributed by atoms with Gasteiger partial charge in [-0.15, -0.1) is 0 Å². The molecule has 0 amide bonds. The molecule has 0 saturated carbocycles. The molecule has 2 N–H and O–H groups in total. The SMILES string of the molecule is COc1ccc(Cc2ccc(Cl)c(N)c2)cc1. The molecule has 0 saturated heterocycles. The minimum absolute atomic E-state index is 0.600. The molecule has 2 nitrogen and oxygen atoms in total. The van der Waals surface area contributed by atoms with Crippen molar-refractivity contribution in [3.63, 3.8) is 0 Å². The summed E-state index contributed by atoms with van der Waals surface area (Å²) in [6.45, 7) is 0. The molecule has 0 aliphatic carbocycles. The lowest BCUT2D eigenvalue weighted by atomic mass is 10.0. The van der Waals surface area contributed by atoms with Crippen LogP contribution in [0, 0.1) is 0 Å². The molecule has 17 heavy (non-hydrogen) atoms. The summed E-state index contributed by atoms with van der Waals surface area (Å²) in [6, 6.07) is 13.7. The van der Waals surface area contributed by atoms with Crippen LogP contribution < -0.4 is 10.5 Å². The molecule has 0 bridgehead atoms. The first kappa shape index (κ1) is 11.8. The lowest BCUT2D eigenvalue weighted by molar-refractivity contribution is 0.414. The molecule has 2 rings (SSSR count). The summed E-state index contributed by atoms with van der Waals surface area (Å²) in [7, 11) is 1.66. The van der Waals surface area contributed by atoms with Gasteiger partial charge in [-0.3, -0.25) is 0 Å². The number of halogens is 1. The van der Waals surface area contributed by atoms with Crippen molar-refractivity contribution < 1.29 is 4.74 Å². The number of nitrogens with two attached hydrogens (primary N) is 1. The second-order valence-corrected chi connectivity index (χ2v) is 4.29. The van der Waals surface area contributed by atoms with Crippen LogP contribution in [-0.4, -0.2) is 7.11 Å². The van der Waals surface area contributed by atoms with Gasteiger partial charge in [-0.2, -0.15) is 0 Å². The molecule has 88 valence electrons. The highest BCUT2D eigenvalue weighted by Crippen LogP contribution is 2.21. The van der Waals surface area contributed by atoms with Gasteiger partial charge >= 0.3 is 0 Å². The molecular weight excluding hydrogens is 234 g/mol. The molecule has 0 aromatic heterocycles. The van der Waals surface area contributed by atoms with Crippen LogP contribution >= 0.6 is 11.6 Å². The van der Waals surface area contributed by atoms with Crippen molar-refractivity contribution >= 4 is 17.3 Å².